The average Bonchev–Trinajstić information content (AvgIpc) is 2.49. The monoisotopic (exact) mass is 324 g/mol. The fraction of sp³-hybridized carbons (Fsp3) is 0.133. The Bertz CT molecular complexity index is 630. The van der Waals surface area contributed by atoms with E-state index in [9.17, 15) is 4.79 Å². The summed E-state index contributed by atoms with van der Waals surface area (Å²) in [6.45, 7) is 0.346. The second kappa shape index (κ2) is 7.31. The van der Waals surface area contributed by atoms with Gasteiger partial charge < -0.3 is 15.8 Å². The normalized spacial score (nSPS) is 10.2. The molecule has 0 aliphatic carbocycles. The lowest BCUT2D eigenvalue weighted by molar-refractivity contribution is -0.118. The molecule has 2 aromatic rings. The van der Waals surface area contributed by atoms with Crippen molar-refractivity contribution in [2.45, 2.75) is 6.54 Å². The third-order valence-corrected chi connectivity index (χ3v) is 3.30. The molecule has 0 atom stereocenters. The Morgan fingerprint density at radius 1 is 1.14 bits per heavy atom. The van der Waals surface area contributed by atoms with Crippen LogP contribution in [0.25, 0.3) is 0 Å². The van der Waals surface area contributed by atoms with Crippen LogP contribution in [-0.4, -0.2) is 12.5 Å². The molecule has 110 valence electrons. The van der Waals surface area contributed by atoms with E-state index in [2.05, 4.69) is 5.32 Å². The summed E-state index contributed by atoms with van der Waals surface area (Å²) >= 11 is 11.8. The highest BCUT2D eigenvalue weighted by molar-refractivity contribution is 6.35. The van der Waals surface area contributed by atoms with Gasteiger partial charge >= 0.3 is 0 Å². The van der Waals surface area contributed by atoms with Crippen molar-refractivity contribution in [2.24, 2.45) is 5.73 Å². The fourth-order valence-electron chi connectivity index (χ4n) is 1.65. The van der Waals surface area contributed by atoms with Gasteiger partial charge in [0.05, 0.1) is 10.7 Å². The number of ether oxygens (including phenoxy) is 1. The van der Waals surface area contributed by atoms with Crippen LogP contribution < -0.4 is 15.8 Å². The van der Waals surface area contributed by atoms with Crippen molar-refractivity contribution in [1.82, 2.24) is 0 Å². The lowest BCUT2D eigenvalue weighted by Gasteiger charge is -2.09. The van der Waals surface area contributed by atoms with Crippen molar-refractivity contribution in [3.8, 4) is 5.75 Å². The first-order valence-corrected chi connectivity index (χ1v) is 7.01. The van der Waals surface area contributed by atoms with Crippen LogP contribution in [0.15, 0.2) is 42.5 Å². The third-order valence-electron chi connectivity index (χ3n) is 2.73. The van der Waals surface area contributed by atoms with Crippen LogP contribution in [0.3, 0.4) is 0 Å². The molecule has 0 fully saturated rings. The van der Waals surface area contributed by atoms with Gasteiger partial charge in [0.25, 0.3) is 5.91 Å². The van der Waals surface area contributed by atoms with Crippen molar-refractivity contribution in [1.29, 1.82) is 0 Å². The summed E-state index contributed by atoms with van der Waals surface area (Å²) in [5, 5.41) is 3.55. The Hall–Kier alpha value is -1.75. The molecule has 0 aliphatic rings. The van der Waals surface area contributed by atoms with E-state index >= 15 is 0 Å². The van der Waals surface area contributed by atoms with Gasteiger partial charge in [0.1, 0.15) is 5.75 Å². The van der Waals surface area contributed by atoms with E-state index in [1.807, 2.05) is 12.1 Å². The number of hydrogen-bond donors (Lipinski definition) is 2. The van der Waals surface area contributed by atoms with Gasteiger partial charge in [0.15, 0.2) is 6.61 Å². The number of rotatable bonds is 5. The minimum Gasteiger partial charge on any atom is -0.484 e. The lowest BCUT2D eigenvalue weighted by atomic mass is 10.2. The Morgan fingerprint density at radius 2 is 1.86 bits per heavy atom. The van der Waals surface area contributed by atoms with Crippen LogP contribution in [-0.2, 0) is 11.3 Å². The van der Waals surface area contributed by atoms with E-state index in [4.69, 9.17) is 33.7 Å². The Labute approximate surface area is 132 Å². The molecule has 0 aromatic heterocycles. The van der Waals surface area contributed by atoms with Gasteiger partial charge in [0, 0.05) is 11.6 Å². The number of carbonyl (C=O) groups is 1. The van der Waals surface area contributed by atoms with Gasteiger partial charge in [-0.3, -0.25) is 4.79 Å². The molecule has 0 saturated heterocycles. The minimum absolute atomic E-state index is 0.120. The molecule has 21 heavy (non-hydrogen) atoms. The van der Waals surface area contributed by atoms with Gasteiger partial charge in [-0.1, -0.05) is 35.3 Å². The van der Waals surface area contributed by atoms with Crippen LogP contribution in [0.4, 0.5) is 5.69 Å². The summed E-state index contributed by atoms with van der Waals surface area (Å²) in [4.78, 5) is 11.8. The van der Waals surface area contributed by atoms with Gasteiger partial charge in [-0.2, -0.15) is 0 Å². The highest BCUT2D eigenvalue weighted by atomic mass is 35.5. The predicted octanol–water partition coefficient (Wildman–Crippen LogP) is 3.47. The average molecular weight is 325 g/mol. The molecular formula is C15H14Cl2N2O2. The maximum Gasteiger partial charge on any atom is 0.262 e. The smallest absolute Gasteiger partial charge is 0.262 e. The second-order valence-electron chi connectivity index (χ2n) is 4.31. The number of hydrogen-bond acceptors (Lipinski definition) is 3. The first-order chi connectivity index (χ1) is 10.1. The van der Waals surface area contributed by atoms with Gasteiger partial charge in [-0.15, -0.1) is 0 Å². The summed E-state index contributed by atoms with van der Waals surface area (Å²) in [7, 11) is 0. The zero-order valence-corrected chi connectivity index (χ0v) is 12.6. The summed E-state index contributed by atoms with van der Waals surface area (Å²) in [5.41, 5.74) is 6.96. The molecule has 2 aromatic carbocycles. The van der Waals surface area contributed by atoms with Gasteiger partial charge in [-0.25, -0.2) is 0 Å². The van der Waals surface area contributed by atoms with Crippen molar-refractivity contribution in [3.63, 3.8) is 0 Å². The number of nitrogens with two attached hydrogens (primary N) is 1. The van der Waals surface area contributed by atoms with E-state index in [0.717, 1.165) is 5.56 Å². The quantitative estimate of drug-likeness (QED) is 0.885. The number of benzene rings is 2. The molecule has 6 heteroatoms. The molecule has 0 saturated carbocycles. The molecule has 0 spiro atoms. The standard InChI is InChI=1S/C15H14Cl2N2O2/c16-11-3-6-13(17)14(7-11)19-15(20)9-21-12-4-1-10(8-18)2-5-12/h1-7H,8-9,18H2,(H,19,20). The van der Waals surface area contributed by atoms with Crippen molar-refractivity contribution in [2.75, 3.05) is 11.9 Å². The SMILES string of the molecule is NCc1ccc(OCC(=O)Nc2cc(Cl)ccc2Cl)cc1. The Balaban J connectivity index is 1.91. The largest absolute Gasteiger partial charge is 0.484 e. The minimum atomic E-state index is -0.318. The fourth-order valence-corrected chi connectivity index (χ4v) is 1.99. The maximum atomic E-state index is 11.8. The van der Waals surface area contributed by atoms with Crippen molar-refractivity contribution >= 4 is 34.8 Å². The van der Waals surface area contributed by atoms with Gasteiger partial charge in [0.2, 0.25) is 0 Å². The topological polar surface area (TPSA) is 64.3 Å². The summed E-state index contributed by atoms with van der Waals surface area (Å²) in [6, 6.07) is 12.1. The number of amides is 1. The van der Waals surface area contributed by atoms with Crippen LogP contribution in [0, 0.1) is 0 Å². The van der Waals surface area contributed by atoms with Crippen molar-refractivity contribution < 1.29 is 9.53 Å². The first-order valence-electron chi connectivity index (χ1n) is 6.25. The predicted molar refractivity (Wildman–Crippen MR) is 84.9 cm³/mol. The lowest BCUT2D eigenvalue weighted by Crippen LogP contribution is -2.20. The highest BCUT2D eigenvalue weighted by Crippen LogP contribution is 2.25. The molecule has 3 N–H and O–H groups in total. The number of halogens is 2. The maximum absolute atomic E-state index is 11.8. The molecule has 0 heterocycles. The third kappa shape index (κ3) is 4.63. The summed E-state index contributed by atoms with van der Waals surface area (Å²) < 4.78 is 5.38. The molecule has 0 bridgehead atoms. The molecule has 0 radical (unpaired) electrons. The first kappa shape index (κ1) is 15.6. The molecule has 0 unspecified atom stereocenters. The summed E-state index contributed by atoms with van der Waals surface area (Å²) in [5.74, 6) is 0.279. The van der Waals surface area contributed by atoms with E-state index < -0.39 is 0 Å². The molecule has 0 aliphatic heterocycles. The van der Waals surface area contributed by atoms with Crippen molar-refractivity contribution in [3.05, 3.63) is 58.1 Å². The zero-order chi connectivity index (χ0) is 15.2. The number of nitrogens with one attached hydrogen (secondary N) is 1. The highest BCUT2D eigenvalue weighted by Gasteiger charge is 2.07. The molecule has 4 nitrogen and oxygen atoms in total. The van der Waals surface area contributed by atoms with Crippen LogP contribution in [0.2, 0.25) is 10.0 Å². The Morgan fingerprint density at radius 3 is 2.52 bits per heavy atom. The Kier molecular flexibility index (Phi) is 5.44. The molecule has 1 amide bonds. The van der Waals surface area contributed by atoms with E-state index in [0.29, 0.717) is 28.0 Å². The van der Waals surface area contributed by atoms with E-state index in [1.54, 1.807) is 30.3 Å². The second-order valence-corrected chi connectivity index (χ2v) is 5.15. The molecule has 2 rings (SSSR count). The summed E-state index contributed by atoms with van der Waals surface area (Å²) in [6.07, 6.45) is 0. The number of anilines is 1. The zero-order valence-electron chi connectivity index (χ0n) is 11.1. The van der Waals surface area contributed by atoms with Crippen LogP contribution in [0.1, 0.15) is 5.56 Å². The molecular weight excluding hydrogens is 311 g/mol. The van der Waals surface area contributed by atoms with Gasteiger partial charge in [-0.05, 0) is 35.9 Å². The van der Waals surface area contributed by atoms with E-state index in [-0.39, 0.29) is 12.5 Å². The number of carbonyl (C=O) groups excluding carboxylic acids is 1. The van der Waals surface area contributed by atoms with E-state index in [1.165, 1.54) is 0 Å². The van der Waals surface area contributed by atoms with Crippen LogP contribution in [0.5, 0.6) is 5.75 Å². The van der Waals surface area contributed by atoms with Crippen LogP contribution >= 0.6 is 23.2 Å².